The molecule has 0 saturated carbocycles. The lowest BCUT2D eigenvalue weighted by Crippen LogP contribution is -2.55. The number of hydrogen-bond acceptors (Lipinski definition) is 5. The number of aromatic nitrogens is 3. The molecule has 0 spiro atoms. The molecule has 1 aliphatic heterocycles. The highest BCUT2D eigenvalue weighted by atomic mass is 35.5. The lowest BCUT2D eigenvalue weighted by Gasteiger charge is -2.41. The van der Waals surface area contributed by atoms with Crippen LogP contribution in [0.2, 0.25) is 10.0 Å². The number of alkyl halides is 3. The van der Waals surface area contributed by atoms with Gasteiger partial charge in [0, 0.05) is 37.9 Å². The molecule has 4 rings (SSSR count). The number of rotatable bonds is 5. The molecule has 1 atom stereocenters. The molecule has 2 aromatic heterocycles. The minimum absolute atomic E-state index is 0.0976. The number of nitrogens with zero attached hydrogens (tertiary/aromatic N) is 5. The number of carbonyl (C=O) groups is 1. The fourth-order valence-electron chi connectivity index (χ4n) is 4.17. The van der Waals surface area contributed by atoms with Gasteiger partial charge in [0.25, 0.3) is 0 Å². The van der Waals surface area contributed by atoms with Gasteiger partial charge in [-0.2, -0.15) is 18.3 Å². The molecule has 1 aliphatic rings. The summed E-state index contributed by atoms with van der Waals surface area (Å²) in [4.78, 5) is 20.5. The fraction of sp³-hybridized carbons (Fsp3) is 0.348. The predicted molar refractivity (Wildman–Crippen MR) is 127 cm³/mol. The van der Waals surface area contributed by atoms with E-state index >= 15 is 0 Å². The Labute approximate surface area is 214 Å². The van der Waals surface area contributed by atoms with Crippen LogP contribution < -0.4 is 9.64 Å². The van der Waals surface area contributed by atoms with Crippen molar-refractivity contribution in [1.29, 1.82) is 0 Å². The van der Waals surface area contributed by atoms with E-state index in [1.54, 1.807) is 24.0 Å². The van der Waals surface area contributed by atoms with Crippen LogP contribution in [0.15, 0.2) is 36.5 Å². The maximum Gasteiger partial charge on any atom is 0.436 e. The van der Waals surface area contributed by atoms with E-state index in [0.29, 0.717) is 12.3 Å². The number of pyridine rings is 1. The van der Waals surface area contributed by atoms with E-state index in [4.69, 9.17) is 27.9 Å². The summed E-state index contributed by atoms with van der Waals surface area (Å²) in [5.41, 5.74) is -0.952. The standard InChI is InChI=1S/C23H21Cl2F4N5O2/c1-13-11-32(17-10-18(36-2)14(24)9-15(17)26)7-8-33(13)19(35)12-34-21(16-5-3-4-6-30-16)20(25)22(31-34)23(27,28)29/h3-6,9-10,13H,7-8,11-12H2,1-2H3/t13-/m0/s1. The minimum Gasteiger partial charge on any atom is -0.495 e. The first-order valence-corrected chi connectivity index (χ1v) is 11.6. The molecule has 1 saturated heterocycles. The SMILES string of the molecule is COc1cc(N2CCN(C(=O)Cn3nc(C(F)(F)F)c(Cl)c3-c3ccccn3)[C@@H](C)C2)c(F)cc1Cl. The highest BCUT2D eigenvalue weighted by Gasteiger charge is 2.40. The van der Waals surface area contributed by atoms with E-state index in [1.807, 2.05) is 0 Å². The number of carbonyl (C=O) groups excluding carboxylic acids is 1. The topological polar surface area (TPSA) is 63.5 Å². The van der Waals surface area contributed by atoms with Gasteiger partial charge in [0.15, 0.2) is 5.69 Å². The van der Waals surface area contributed by atoms with Crippen LogP contribution in [0.4, 0.5) is 23.2 Å². The number of piperazine rings is 1. The van der Waals surface area contributed by atoms with Crippen LogP contribution in [0.1, 0.15) is 12.6 Å². The third-order valence-corrected chi connectivity index (χ3v) is 6.52. The van der Waals surface area contributed by atoms with Gasteiger partial charge in [0.1, 0.15) is 28.8 Å². The molecule has 0 N–H and O–H groups in total. The van der Waals surface area contributed by atoms with Crippen LogP contribution in [0.5, 0.6) is 5.75 Å². The zero-order valence-electron chi connectivity index (χ0n) is 19.2. The molecular weight excluding hydrogens is 525 g/mol. The summed E-state index contributed by atoms with van der Waals surface area (Å²) in [5, 5.41) is 3.12. The smallest absolute Gasteiger partial charge is 0.436 e. The number of halogens is 6. The Kier molecular flexibility index (Phi) is 7.33. The van der Waals surface area contributed by atoms with Crippen molar-refractivity contribution in [1.82, 2.24) is 19.7 Å². The van der Waals surface area contributed by atoms with Crippen molar-refractivity contribution in [3.63, 3.8) is 0 Å². The lowest BCUT2D eigenvalue weighted by atomic mass is 10.1. The van der Waals surface area contributed by atoms with Gasteiger partial charge in [-0.15, -0.1) is 0 Å². The third-order valence-electron chi connectivity index (χ3n) is 5.87. The molecule has 36 heavy (non-hydrogen) atoms. The van der Waals surface area contributed by atoms with Crippen molar-refractivity contribution in [2.24, 2.45) is 0 Å². The van der Waals surface area contributed by atoms with Crippen molar-refractivity contribution >= 4 is 34.8 Å². The number of amides is 1. The lowest BCUT2D eigenvalue weighted by molar-refractivity contribution is -0.142. The average molecular weight is 546 g/mol. The molecule has 3 heterocycles. The maximum atomic E-state index is 14.6. The first-order valence-electron chi connectivity index (χ1n) is 10.8. The van der Waals surface area contributed by atoms with E-state index in [9.17, 15) is 22.4 Å². The Morgan fingerprint density at radius 3 is 2.58 bits per heavy atom. The number of anilines is 1. The van der Waals surface area contributed by atoms with Crippen LogP contribution in [0.3, 0.4) is 0 Å². The van der Waals surface area contributed by atoms with E-state index in [1.165, 1.54) is 30.3 Å². The molecule has 0 unspecified atom stereocenters. The summed E-state index contributed by atoms with van der Waals surface area (Å²) < 4.78 is 61.2. The fourth-order valence-corrected chi connectivity index (χ4v) is 4.73. The second kappa shape index (κ2) is 10.1. The average Bonchev–Trinajstić information content (AvgIpc) is 3.15. The first-order chi connectivity index (χ1) is 17.0. The largest absolute Gasteiger partial charge is 0.495 e. The third kappa shape index (κ3) is 5.08. The summed E-state index contributed by atoms with van der Waals surface area (Å²) >= 11 is 12.0. The number of ether oxygens (including phenoxy) is 1. The van der Waals surface area contributed by atoms with Crippen molar-refractivity contribution in [3.8, 4) is 17.1 Å². The van der Waals surface area contributed by atoms with Gasteiger partial charge >= 0.3 is 6.18 Å². The molecule has 7 nitrogen and oxygen atoms in total. The number of hydrogen-bond donors (Lipinski definition) is 0. The van der Waals surface area contributed by atoms with E-state index in [-0.39, 0.29) is 41.2 Å². The van der Waals surface area contributed by atoms with E-state index in [2.05, 4.69) is 10.1 Å². The summed E-state index contributed by atoms with van der Waals surface area (Å²) in [5.74, 6) is -0.669. The molecular formula is C23H21Cl2F4N5O2. The summed E-state index contributed by atoms with van der Waals surface area (Å²) in [6.45, 7) is 2.08. The molecule has 192 valence electrons. The Hall–Kier alpha value is -3.05. The number of methoxy groups -OCH3 is 1. The quantitative estimate of drug-likeness (QED) is 0.414. The predicted octanol–water partition coefficient (Wildman–Crippen LogP) is 5.16. The van der Waals surface area contributed by atoms with Crippen LogP contribution in [0.25, 0.3) is 11.4 Å². The Morgan fingerprint density at radius 2 is 1.97 bits per heavy atom. The van der Waals surface area contributed by atoms with Crippen molar-refractivity contribution in [3.05, 3.63) is 58.1 Å². The van der Waals surface area contributed by atoms with E-state index in [0.717, 1.165) is 10.7 Å². The monoisotopic (exact) mass is 545 g/mol. The summed E-state index contributed by atoms with van der Waals surface area (Å²) in [7, 11) is 1.42. The molecule has 1 fully saturated rings. The Morgan fingerprint density at radius 1 is 1.22 bits per heavy atom. The van der Waals surface area contributed by atoms with Crippen LogP contribution >= 0.6 is 23.2 Å². The molecule has 0 radical (unpaired) electrons. The van der Waals surface area contributed by atoms with Gasteiger partial charge in [-0.25, -0.2) is 4.39 Å². The van der Waals surface area contributed by atoms with Gasteiger partial charge in [-0.1, -0.05) is 29.3 Å². The van der Waals surface area contributed by atoms with Crippen molar-refractivity contribution < 1.29 is 27.1 Å². The molecule has 0 aliphatic carbocycles. The van der Waals surface area contributed by atoms with E-state index < -0.39 is 35.2 Å². The normalized spacial score (nSPS) is 16.4. The van der Waals surface area contributed by atoms with Gasteiger partial charge in [-0.3, -0.25) is 14.5 Å². The van der Waals surface area contributed by atoms with Gasteiger partial charge in [0.05, 0.1) is 23.5 Å². The van der Waals surface area contributed by atoms with Crippen molar-refractivity contribution in [2.45, 2.75) is 25.7 Å². The second-order valence-corrected chi connectivity index (χ2v) is 8.99. The van der Waals surface area contributed by atoms with Crippen LogP contribution in [0, 0.1) is 5.82 Å². The molecule has 1 amide bonds. The zero-order valence-corrected chi connectivity index (χ0v) is 20.7. The highest BCUT2D eigenvalue weighted by molar-refractivity contribution is 6.33. The zero-order chi connectivity index (χ0) is 26.2. The summed E-state index contributed by atoms with van der Waals surface area (Å²) in [6, 6.07) is 6.97. The second-order valence-electron chi connectivity index (χ2n) is 8.20. The van der Waals surface area contributed by atoms with Crippen molar-refractivity contribution in [2.75, 3.05) is 31.6 Å². The van der Waals surface area contributed by atoms with Gasteiger partial charge < -0.3 is 14.5 Å². The summed E-state index contributed by atoms with van der Waals surface area (Å²) in [6.07, 6.45) is -3.40. The molecule has 0 bridgehead atoms. The number of benzene rings is 1. The van der Waals surface area contributed by atoms with Crippen LogP contribution in [-0.2, 0) is 17.5 Å². The maximum absolute atomic E-state index is 14.6. The molecule has 1 aromatic carbocycles. The van der Waals surface area contributed by atoms with Gasteiger partial charge in [0.2, 0.25) is 5.91 Å². The molecule has 13 heteroatoms. The Balaban J connectivity index is 1.56. The Bertz CT molecular complexity index is 1270. The first kappa shape index (κ1) is 26.0. The van der Waals surface area contributed by atoms with Crippen LogP contribution in [-0.4, -0.2) is 58.4 Å². The van der Waals surface area contributed by atoms with Gasteiger partial charge in [-0.05, 0) is 25.1 Å². The minimum atomic E-state index is -4.81. The molecule has 3 aromatic rings. The highest BCUT2D eigenvalue weighted by Crippen LogP contribution is 2.39.